The van der Waals surface area contributed by atoms with E-state index in [1.54, 1.807) is 0 Å². The van der Waals surface area contributed by atoms with Crippen molar-refractivity contribution in [3.63, 3.8) is 0 Å². The Bertz CT molecular complexity index is 904. The van der Waals surface area contributed by atoms with E-state index in [1.165, 1.54) is 23.3 Å². The van der Waals surface area contributed by atoms with Gasteiger partial charge in [-0.25, -0.2) is 4.79 Å². The number of likely N-dealkylation sites (tertiary alicyclic amines) is 1. The first-order valence-corrected chi connectivity index (χ1v) is 10.4. The van der Waals surface area contributed by atoms with E-state index in [-0.39, 0.29) is 18.1 Å². The van der Waals surface area contributed by atoms with Crippen LogP contribution in [0.5, 0.6) is 0 Å². The molecule has 1 aliphatic heterocycles. The number of halogens is 2. The normalized spacial score (nSPS) is 26.2. The number of hydrogen-bond donors (Lipinski definition) is 2. The molecule has 2 aromatic rings. The molecule has 1 aromatic heterocycles. The van der Waals surface area contributed by atoms with Gasteiger partial charge in [0.1, 0.15) is 0 Å². The van der Waals surface area contributed by atoms with Gasteiger partial charge in [0.05, 0.1) is 34.1 Å². The van der Waals surface area contributed by atoms with Gasteiger partial charge < -0.3 is 14.7 Å². The van der Waals surface area contributed by atoms with Crippen LogP contribution in [0, 0.1) is 5.92 Å². The number of hydrogen-bond acceptors (Lipinski definition) is 3. The predicted octanol–water partition coefficient (Wildman–Crippen LogP) is 4.92. The highest BCUT2D eigenvalue weighted by molar-refractivity contribution is 6.39. The number of carboxylic acid groups (broad SMARTS) is 1. The smallest absolute Gasteiger partial charge is 0.407 e. The van der Waals surface area contributed by atoms with Crippen LogP contribution in [0.25, 0.3) is 11.3 Å². The lowest BCUT2D eigenvalue weighted by atomic mass is 10.1. The third kappa shape index (κ3) is 3.27. The fourth-order valence-corrected chi connectivity index (χ4v) is 5.29. The molecule has 2 bridgehead atoms. The van der Waals surface area contributed by atoms with Crippen molar-refractivity contribution in [2.45, 2.75) is 50.4 Å². The molecule has 3 atom stereocenters. The quantitative estimate of drug-likeness (QED) is 0.717. The lowest BCUT2D eigenvalue weighted by molar-refractivity contribution is -0.00885. The molecular weight excluding hydrogens is 401 g/mol. The van der Waals surface area contributed by atoms with E-state index in [1.807, 2.05) is 18.2 Å². The van der Waals surface area contributed by atoms with E-state index >= 15 is 0 Å². The average molecular weight is 422 g/mol. The number of piperidine rings is 1. The summed E-state index contributed by atoms with van der Waals surface area (Å²) in [4.78, 5) is 12.7. The van der Waals surface area contributed by atoms with Gasteiger partial charge in [-0.15, -0.1) is 0 Å². The molecule has 0 spiro atoms. The number of aromatic nitrogens is 2. The lowest BCUT2D eigenvalue weighted by Crippen LogP contribution is -2.41. The van der Waals surface area contributed by atoms with Crippen LogP contribution in [0.15, 0.2) is 18.2 Å². The average Bonchev–Trinajstić information content (AvgIpc) is 3.08. The summed E-state index contributed by atoms with van der Waals surface area (Å²) < 4.78 is 6.06. The molecule has 1 amide bonds. The summed E-state index contributed by atoms with van der Waals surface area (Å²) in [7, 11) is 0. The standard InChI is InChI=1S/C20H21Cl2N3O3/c21-15-4-11(10-1-2-10)5-16(22)19(15)17-6-13(23-24-17)9-28-18-7-14-3-12(18)8-25(14)20(26)27/h4-6,10,12,14,18H,1-3,7-9H2,(H,23,24)(H,26,27)/t12-,14-,18+/m0/s1. The zero-order valence-electron chi connectivity index (χ0n) is 15.2. The number of nitrogens with one attached hydrogen (secondary N) is 1. The molecule has 3 aliphatic rings. The monoisotopic (exact) mass is 421 g/mol. The third-order valence-electron chi connectivity index (χ3n) is 6.18. The van der Waals surface area contributed by atoms with Crippen molar-refractivity contribution in [2.75, 3.05) is 6.54 Å². The van der Waals surface area contributed by atoms with Crippen molar-refractivity contribution in [2.24, 2.45) is 5.92 Å². The van der Waals surface area contributed by atoms with Gasteiger partial charge in [0.15, 0.2) is 0 Å². The van der Waals surface area contributed by atoms with Crippen LogP contribution in [-0.4, -0.2) is 45.0 Å². The zero-order chi connectivity index (χ0) is 19.4. The number of carbonyl (C=O) groups is 1. The predicted molar refractivity (Wildman–Crippen MR) is 106 cm³/mol. The number of benzene rings is 1. The maximum atomic E-state index is 11.2. The summed E-state index contributed by atoms with van der Waals surface area (Å²) in [6.07, 6.45) is 3.32. The molecular formula is C20H21Cl2N3O3. The molecule has 2 saturated carbocycles. The highest BCUT2D eigenvalue weighted by Gasteiger charge is 2.47. The molecule has 0 radical (unpaired) electrons. The SMILES string of the molecule is O=C(O)N1C[C@@H]2C[C@H]1C[C@H]2OCc1cc(-c2c(Cl)cc(C3CC3)cc2Cl)n[nH]1. The Kier molecular flexibility index (Phi) is 4.53. The van der Waals surface area contributed by atoms with Crippen LogP contribution in [0.3, 0.4) is 0 Å². The molecule has 0 unspecified atom stereocenters. The van der Waals surface area contributed by atoms with Crippen LogP contribution in [0.1, 0.15) is 42.9 Å². The van der Waals surface area contributed by atoms with Crippen molar-refractivity contribution in [3.05, 3.63) is 39.5 Å². The van der Waals surface area contributed by atoms with E-state index in [0.29, 0.717) is 34.8 Å². The molecule has 5 rings (SSSR count). The molecule has 28 heavy (non-hydrogen) atoms. The fourth-order valence-electron chi connectivity index (χ4n) is 4.60. The maximum Gasteiger partial charge on any atom is 0.407 e. The van der Waals surface area contributed by atoms with Crippen LogP contribution < -0.4 is 0 Å². The van der Waals surface area contributed by atoms with Crippen molar-refractivity contribution in [1.82, 2.24) is 15.1 Å². The molecule has 1 saturated heterocycles. The summed E-state index contributed by atoms with van der Waals surface area (Å²) in [5.41, 5.74) is 3.50. The van der Waals surface area contributed by atoms with Gasteiger partial charge in [0, 0.05) is 24.1 Å². The molecule has 2 N–H and O–H groups in total. The minimum Gasteiger partial charge on any atom is -0.465 e. The zero-order valence-corrected chi connectivity index (χ0v) is 16.7. The van der Waals surface area contributed by atoms with Gasteiger partial charge in [-0.3, -0.25) is 5.10 Å². The van der Waals surface area contributed by atoms with Gasteiger partial charge in [-0.1, -0.05) is 23.2 Å². The minimum absolute atomic E-state index is 0.0902. The van der Waals surface area contributed by atoms with Crippen LogP contribution >= 0.6 is 23.2 Å². The van der Waals surface area contributed by atoms with Crippen LogP contribution in [0.4, 0.5) is 4.79 Å². The van der Waals surface area contributed by atoms with Crippen molar-refractivity contribution < 1.29 is 14.6 Å². The van der Waals surface area contributed by atoms with Crippen molar-refractivity contribution in [1.29, 1.82) is 0 Å². The second-order valence-electron chi connectivity index (χ2n) is 8.08. The van der Waals surface area contributed by atoms with Crippen LogP contribution in [0.2, 0.25) is 10.0 Å². The van der Waals surface area contributed by atoms with E-state index in [2.05, 4.69) is 10.2 Å². The number of rotatable bonds is 5. The summed E-state index contributed by atoms with van der Waals surface area (Å²) >= 11 is 13.0. The second kappa shape index (κ2) is 6.94. The Morgan fingerprint density at radius 2 is 2.00 bits per heavy atom. The summed E-state index contributed by atoms with van der Waals surface area (Å²) in [5.74, 6) is 0.869. The fraction of sp³-hybridized carbons (Fsp3) is 0.500. The highest BCUT2D eigenvalue weighted by Crippen LogP contribution is 2.45. The molecule has 6 nitrogen and oxygen atoms in total. The van der Waals surface area contributed by atoms with Gasteiger partial charge in [-0.2, -0.15) is 5.10 Å². The van der Waals surface area contributed by atoms with Gasteiger partial charge in [0.2, 0.25) is 0 Å². The maximum absolute atomic E-state index is 11.2. The number of nitrogens with zero attached hydrogens (tertiary/aromatic N) is 2. The molecule has 1 aromatic carbocycles. The number of fused-ring (bicyclic) bond motifs is 2. The molecule has 3 fully saturated rings. The molecule has 8 heteroatoms. The molecule has 2 heterocycles. The number of ether oxygens (including phenoxy) is 1. The van der Waals surface area contributed by atoms with E-state index in [0.717, 1.165) is 24.1 Å². The summed E-state index contributed by atoms with van der Waals surface area (Å²) in [6, 6.07) is 6.00. The van der Waals surface area contributed by atoms with Crippen molar-refractivity contribution in [3.8, 4) is 11.3 Å². The Morgan fingerprint density at radius 1 is 1.25 bits per heavy atom. The Balaban J connectivity index is 1.25. The second-order valence-corrected chi connectivity index (χ2v) is 8.90. The summed E-state index contributed by atoms with van der Waals surface area (Å²) in [6.45, 7) is 0.973. The minimum atomic E-state index is -0.828. The van der Waals surface area contributed by atoms with Gasteiger partial charge >= 0.3 is 6.09 Å². The highest BCUT2D eigenvalue weighted by atomic mass is 35.5. The Morgan fingerprint density at radius 3 is 2.61 bits per heavy atom. The third-order valence-corrected chi connectivity index (χ3v) is 6.77. The first-order chi connectivity index (χ1) is 13.5. The molecule has 148 valence electrons. The topological polar surface area (TPSA) is 78.4 Å². The lowest BCUT2D eigenvalue weighted by Gasteiger charge is -2.29. The number of H-pyrrole nitrogens is 1. The summed E-state index contributed by atoms with van der Waals surface area (Å²) in [5, 5.41) is 17.8. The van der Waals surface area contributed by atoms with E-state index in [4.69, 9.17) is 27.9 Å². The first-order valence-electron chi connectivity index (χ1n) is 9.64. The Labute approximate surface area is 172 Å². The number of amides is 1. The van der Waals surface area contributed by atoms with Gasteiger partial charge in [-0.05, 0) is 55.4 Å². The number of aromatic amines is 1. The van der Waals surface area contributed by atoms with E-state index in [9.17, 15) is 9.90 Å². The van der Waals surface area contributed by atoms with E-state index < -0.39 is 6.09 Å². The van der Waals surface area contributed by atoms with Gasteiger partial charge in [0.25, 0.3) is 0 Å². The molecule has 2 aliphatic carbocycles. The van der Waals surface area contributed by atoms with Crippen molar-refractivity contribution >= 4 is 29.3 Å². The first kappa shape index (κ1) is 18.3. The largest absolute Gasteiger partial charge is 0.465 e. The Hall–Kier alpha value is -1.76. The van der Waals surface area contributed by atoms with Crippen LogP contribution in [-0.2, 0) is 11.3 Å².